The molecule has 2 saturated heterocycles. The van der Waals surface area contributed by atoms with Crippen molar-refractivity contribution in [3.63, 3.8) is 0 Å². The SMILES string of the molecule is O=C(NC1CCOC1C(=O)NCC1CC(C(=O)O)CO1)OCC1c2ccccc2-c2ccccc21. The van der Waals surface area contributed by atoms with Crippen molar-refractivity contribution in [3.8, 4) is 11.1 Å². The second kappa shape index (κ2) is 10.1. The highest BCUT2D eigenvalue weighted by molar-refractivity contribution is 5.83. The zero-order valence-electron chi connectivity index (χ0n) is 19.1. The molecule has 5 rings (SSSR count). The van der Waals surface area contributed by atoms with Gasteiger partial charge in [-0.05, 0) is 35.1 Å². The third-order valence-corrected chi connectivity index (χ3v) is 6.93. The van der Waals surface area contributed by atoms with Crippen LogP contribution in [-0.2, 0) is 23.8 Å². The van der Waals surface area contributed by atoms with Gasteiger partial charge >= 0.3 is 12.1 Å². The first-order valence-corrected chi connectivity index (χ1v) is 11.9. The minimum atomic E-state index is -0.898. The summed E-state index contributed by atoms with van der Waals surface area (Å²) in [7, 11) is 0. The lowest BCUT2D eigenvalue weighted by molar-refractivity contribution is -0.141. The maximum absolute atomic E-state index is 12.7. The van der Waals surface area contributed by atoms with Crippen molar-refractivity contribution in [1.29, 1.82) is 0 Å². The molecule has 9 nitrogen and oxygen atoms in total. The maximum Gasteiger partial charge on any atom is 0.407 e. The van der Waals surface area contributed by atoms with Gasteiger partial charge in [0, 0.05) is 19.1 Å². The number of fused-ring (bicyclic) bond motifs is 3. The summed E-state index contributed by atoms with van der Waals surface area (Å²) < 4.78 is 16.6. The number of hydrogen-bond donors (Lipinski definition) is 3. The Kier molecular flexibility index (Phi) is 6.70. The Morgan fingerprint density at radius 2 is 1.69 bits per heavy atom. The molecular formula is C26H28N2O7. The van der Waals surface area contributed by atoms with Crippen molar-refractivity contribution in [3.05, 3.63) is 59.7 Å². The molecule has 2 fully saturated rings. The van der Waals surface area contributed by atoms with Crippen LogP contribution in [0, 0.1) is 5.92 Å². The Bertz CT molecular complexity index is 1070. The fourth-order valence-corrected chi connectivity index (χ4v) is 5.12. The summed E-state index contributed by atoms with van der Waals surface area (Å²) in [5, 5.41) is 14.6. The number of hydrogen-bond acceptors (Lipinski definition) is 6. The van der Waals surface area contributed by atoms with Crippen LogP contribution in [0.15, 0.2) is 48.5 Å². The molecule has 0 bridgehead atoms. The topological polar surface area (TPSA) is 123 Å². The highest BCUT2D eigenvalue weighted by atomic mass is 16.6. The molecule has 3 aliphatic rings. The van der Waals surface area contributed by atoms with E-state index in [4.69, 9.17) is 19.3 Å². The molecule has 0 spiro atoms. The van der Waals surface area contributed by atoms with E-state index in [0.29, 0.717) is 19.4 Å². The van der Waals surface area contributed by atoms with Crippen LogP contribution in [0.1, 0.15) is 29.9 Å². The Balaban J connectivity index is 1.13. The van der Waals surface area contributed by atoms with Crippen LogP contribution in [0.2, 0.25) is 0 Å². The van der Waals surface area contributed by atoms with Crippen molar-refractivity contribution in [2.45, 2.75) is 37.0 Å². The van der Waals surface area contributed by atoms with Crippen molar-refractivity contribution in [1.82, 2.24) is 10.6 Å². The molecule has 4 unspecified atom stereocenters. The number of aliphatic carboxylic acids is 1. The molecule has 1 aliphatic carbocycles. The van der Waals surface area contributed by atoms with Gasteiger partial charge in [0.1, 0.15) is 6.61 Å². The Labute approximate surface area is 202 Å². The summed E-state index contributed by atoms with van der Waals surface area (Å²) in [6.07, 6.45) is -0.947. The monoisotopic (exact) mass is 480 g/mol. The van der Waals surface area contributed by atoms with Gasteiger partial charge in [-0.2, -0.15) is 0 Å². The molecule has 0 aromatic heterocycles. The van der Waals surface area contributed by atoms with E-state index in [0.717, 1.165) is 22.3 Å². The average Bonchev–Trinajstić information content (AvgIpc) is 3.59. The number of carboxylic acids is 1. The number of alkyl carbamates (subject to hydrolysis) is 1. The molecule has 35 heavy (non-hydrogen) atoms. The lowest BCUT2D eigenvalue weighted by Crippen LogP contribution is -2.49. The van der Waals surface area contributed by atoms with E-state index >= 15 is 0 Å². The van der Waals surface area contributed by atoms with E-state index in [1.165, 1.54) is 0 Å². The summed E-state index contributed by atoms with van der Waals surface area (Å²) in [6, 6.07) is 15.7. The van der Waals surface area contributed by atoms with E-state index in [1.54, 1.807) is 0 Å². The van der Waals surface area contributed by atoms with Gasteiger partial charge in [-0.15, -0.1) is 0 Å². The normalized spacial score (nSPS) is 25.0. The van der Waals surface area contributed by atoms with E-state index in [9.17, 15) is 14.4 Å². The minimum Gasteiger partial charge on any atom is -0.481 e. The highest BCUT2D eigenvalue weighted by Crippen LogP contribution is 2.44. The van der Waals surface area contributed by atoms with Crippen LogP contribution in [0.5, 0.6) is 0 Å². The Hall–Kier alpha value is -3.43. The fraction of sp³-hybridized carbons (Fsp3) is 0.423. The summed E-state index contributed by atoms with van der Waals surface area (Å²) in [5.74, 6) is -1.87. The number of amides is 2. The van der Waals surface area contributed by atoms with E-state index < -0.39 is 30.1 Å². The smallest absolute Gasteiger partial charge is 0.407 e. The Morgan fingerprint density at radius 3 is 2.34 bits per heavy atom. The number of ether oxygens (including phenoxy) is 3. The van der Waals surface area contributed by atoms with Gasteiger partial charge in [0.25, 0.3) is 5.91 Å². The van der Waals surface area contributed by atoms with Crippen molar-refractivity contribution >= 4 is 18.0 Å². The van der Waals surface area contributed by atoms with Crippen LogP contribution in [0.25, 0.3) is 11.1 Å². The van der Waals surface area contributed by atoms with E-state index in [-0.39, 0.29) is 37.7 Å². The summed E-state index contributed by atoms with van der Waals surface area (Å²) in [5.41, 5.74) is 4.56. The molecular weight excluding hydrogens is 452 g/mol. The van der Waals surface area contributed by atoms with Gasteiger partial charge < -0.3 is 30.0 Å². The first-order valence-electron chi connectivity index (χ1n) is 11.9. The zero-order chi connectivity index (χ0) is 24.4. The van der Waals surface area contributed by atoms with Crippen molar-refractivity contribution in [2.75, 3.05) is 26.4 Å². The van der Waals surface area contributed by atoms with Crippen LogP contribution < -0.4 is 10.6 Å². The summed E-state index contributed by atoms with van der Waals surface area (Å²) >= 11 is 0. The maximum atomic E-state index is 12.7. The first kappa shape index (κ1) is 23.3. The molecule has 2 heterocycles. The number of nitrogens with one attached hydrogen (secondary N) is 2. The molecule has 184 valence electrons. The predicted molar refractivity (Wildman–Crippen MR) is 125 cm³/mol. The zero-order valence-corrected chi connectivity index (χ0v) is 19.1. The van der Waals surface area contributed by atoms with Gasteiger partial charge in [-0.3, -0.25) is 9.59 Å². The fourth-order valence-electron chi connectivity index (χ4n) is 5.12. The van der Waals surface area contributed by atoms with Crippen molar-refractivity contribution in [2.24, 2.45) is 5.92 Å². The van der Waals surface area contributed by atoms with Crippen molar-refractivity contribution < 1.29 is 33.7 Å². The minimum absolute atomic E-state index is 0.0480. The van der Waals surface area contributed by atoms with Gasteiger partial charge in [0.2, 0.25) is 0 Å². The quantitative estimate of drug-likeness (QED) is 0.556. The van der Waals surface area contributed by atoms with E-state index in [2.05, 4.69) is 34.9 Å². The number of carbonyl (C=O) groups is 3. The Morgan fingerprint density at radius 1 is 1.00 bits per heavy atom. The van der Waals surface area contributed by atoms with Crippen LogP contribution in [-0.4, -0.2) is 67.7 Å². The van der Waals surface area contributed by atoms with Gasteiger partial charge in [0.05, 0.1) is 24.7 Å². The second-order valence-electron chi connectivity index (χ2n) is 9.13. The third-order valence-electron chi connectivity index (χ3n) is 6.93. The van der Waals surface area contributed by atoms with Crippen LogP contribution in [0.3, 0.4) is 0 Å². The molecule has 2 amide bonds. The predicted octanol–water partition coefficient (Wildman–Crippen LogP) is 2.29. The molecule has 2 aromatic carbocycles. The number of rotatable bonds is 7. The molecule has 2 aromatic rings. The number of carbonyl (C=O) groups excluding carboxylic acids is 2. The average molecular weight is 481 g/mol. The van der Waals surface area contributed by atoms with Crippen LogP contribution >= 0.6 is 0 Å². The largest absolute Gasteiger partial charge is 0.481 e. The molecule has 9 heteroatoms. The molecule has 2 aliphatic heterocycles. The lowest BCUT2D eigenvalue weighted by atomic mass is 9.98. The molecule has 0 saturated carbocycles. The number of benzene rings is 2. The van der Waals surface area contributed by atoms with E-state index in [1.807, 2.05) is 24.3 Å². The first-order chi connectivity index (χ1) is 17.0. The second-order valence-corrected chi connectivity index (χ2v) is 9.13. The summed E-state index contributed by atoms with van der Waals surface area (Å²) in [6.45, 7) is 0.864. The molecule has 3 N–H and O–H groups in total. The van der Waals surface area contributed by atoms with Gasteiger partial charge in [0.15, 0.2) is 6.10 Å². The molecule has 4 atom stereocenters. The molecule has 0 radical (unpaired) electrons. The van der Waals surface area contributed by atoms with Gasteiger partial charge in [-0.1, -0.05) is 48.5 Å². The lowest BCUT2D eigenvalue weighted by Gasteiger charge is -2.21. The van der Waals surface area contributed by atoms with Crippen LogP contribution in [0.4, 0.5) is 4.79 Å². The van der Waals surface area contributed by atoms with Gasteiger partial charge in [-0.25, -0.2) is 4.79 Å². The standard InChI is InChI=1S/C26H28N2O7/c29-24(27-12-16-11-15(13-34-16)25(30)31)23-22(9-10-33-23)28-26(32)35-14-21-19-7-3-1-5-17(19)18-6-2-4-8-20(18)21/h1-8,15-16,21-23H,9-14H2,(H,27,29)(H,28,32)(H,30,31). The third kappa shape index (κ3) is 4.87. The highest BCUT2D eigenvalue weighted by Gasteiger charge is 2.37. The number of carboxylic acid groups (broad SMARTS) is 1. The summed E-state index contributed by atoms with van der Waals surface area (Å²) in [4.78, 5) is 36.3.